The predicted octanol–water partition coefficient (Wildman–Crippen LogP) is 4.22. The van der Waals surface area contributed by atoms with Crippen molar-refractivity contribution in [3.8, 4) is 0 Å². The maximum absolute atomic E-state index is 4.25. The van der Waals surface area contributed by atoms with E-state index < -0.39 is 0 Å². The van der Waals surface area contributed by atoms with E-state index in [1.54, 1.807) is 22.3 Å². The zero-order valence-corrected chi connectivity index (χ0v) is 10.6. The van der Waals surface area contributed by atoms with Gasteiger partial charge in [0.1, 0.15) is 0 Å². The van der Waals surface area contributed by atoms with E-state index in [1.165, 1.54) is 49.7 Å². The van der Waals surface area contributed by atoms with Gasteiger partial charge in [0.2, 0.25) is 0 Å². The number of aromatic nitrogens is 1. The molecule has 3 aliphatic rings. The second-order valence-electron chi connectivity index (χ2n) is 5.43. The Hall–Kier alpha value is -1.63. The molecule has 0 amide bonds. The molecule has 1 aromatic heterocycles. The quantitative estimate of drug-likeness (QED) is 0.656. The zero-order valence-electron chi connectivity index (χ0n) is 10.6. The van der Waals surface area contributed by atoms with E-state index in [0.29, 0.717) is 0 Å². The van der Waals surface area contributed by atoms with Crippen LogP contribution >= 0.6 is 0 Å². The van der Waals surface area contributed by atoms with Crippen LogP contribution in [0.4, 0.5) is 0 Å². The van der Waals surface area contributed by atoms with Gasteiger partial charge in [-0.1, -0.05) is 12.2 Å². The topological polar surface area (TPSA) is 12.9 Å². The van der Waals surface area contributed by atoms with Crippen molar-refractivity contribution in [3.05, 3.63) is 58.5 Å². The van der Waals surface area contributed by atoms with Crippen LogP contribution in [0.3, 0.4) is 0 Å². The van der Waals surface area contributed by atoms with E-state index >= 15 is 0 Å². The summed E-state index contributed by atoms with van der Waals surface area (Å²) in [5, 5.41) is 0. The number of aryl methyl sites for hydroxylation is 1. The molecule has 0 aromatic carbocycles. The molecule has 0 bridgehead atoms. The van der Waals surface area contributed by atoms with Gasteiger partial charge < -0.3 is 0 Å². The van der Waals surface area contributed by atoms with Crippen LogP contribution in [0, 0.1) is 0 Å². The molecule has 0 saturated carbocycles. The van der Waals surface area contributed by atoms with Crippen molar-refractivity contribution in [1.82, 2.24) is 4.98 Å². The van der Waals surface area contributed by atoms with Gasteiger partial charge in [0.15, 0.2) is 0 Å². The summed E-state index contributed by atoms with van der Waals surface area (Å²) < 4.78 is 0. The van der Waals surface area contributed by atoms with Crippen LogP contribution in [0.2, 0.25) is 0 Å². The first-order chi connectivity index (χ1) is 8.93. The smallest absolute Gasteiger partial charge is 0.0306 e. The molecule has 0 spiro atoms. The highest BCUT2D eigenvalue weighted by atomic mass is 14.6. The van der Waals surface area contributed by atoms with Gasteiger partial charge in [-0.2, -0.15) is 0 Å². The van der Waals surface area contributed by atoms with Gasteiger partial charge in [-0.05, 0) is 78.0 Å². The molecule has 18 heavy (non-hydrogen) atoms. The Labute approximate surface area is 108 Å². The fourth-order valence-electron chi connectivity index (χ4n) is 3.67. The maximum atomic E-state index is 4.25. The fraction of sp³-hybridized carbons (Fsp3) is 0.353. The van der Waals surface area contributed by atoms with Crippen LogP contribution in [0.25, 0.3) is 5.57 Å². The van der Waals surface area contributed by atoms with Gasteiger partial charge >= 0.3 is 0 Å². The average molecular weight is 235 g/mol. The first kappa shape index (κ1) is 10.3. The van der Waals surface area contributed by atoms with Crippen molar-refractivity contribution < 1.29 is 0 Å². The largest absolute Gasteiger partial charge is 0.264 e. The van der Waals surface area contributed by atoms with Crippen LogP contribution in [0.1, 0.15) is 43.2 Å². The highest BCUT2D eigenvalue weighted by molar-refractivity contribution is 5.79. The second kappa shape index (κ2) is 3.94. The molecule has 1 aromatic rings. The Bertz CT molecular complexity index is 602. The van der Waals surface area contributed by atoms with Crippen molar-refractivity contribution in [1.29, 1.82) is 0 Å². The third kappa shape index (κ3) is 1.43. The minimum atomic E-state index is 1.18. The molecule has 0 radical (unpaired) electrons. The van der Waals surface area contributed by atoms with E-state index in [0.717, 1.165) is 0 Å². The molecule has 1 nitrogen and oxygen atoms in total. The SMILES string of the molecule is C1=CC2=C(CC1)/C(=C1\CCc3cnccc31)CC2. The highest BCUT2D eigenvalue weighted by Gasteiger charge is 2.26. The molecule has 0 N–H and O–H groups in total. The fourth-order valence-corrected chi connectivity index (χ4v) is 3.67. The summed E-state index contributed by atoms with van der Waals surface area (Å²) in [6, 6.07) is 2.21. The average Bonchev–Trinajstić information content (AvgIpc) is 3.01. The van der Waals surface area contributed by atoms with E-state index in [4.69, 9.17) is 0 Å². The normalized spacial score (nSPS) is 25.6. The standard InChI is InChI=1S/C17H17N/c1-2-4-14-12(3-1)5-7-16(14)17-8-6-13-11-18-10-9-15(13)17/h1,3,9-11H,2,4-8H2/b17-16+. The van der Waals surface area contributed by atoms with Crippen molar-refractivity contribution in [2.45, 2.75) is 38.5 Å². The molecule has 0 atom stereocenters. The first-order valence-electron chi connectivity index (χ1n) is 6.98. The minimum Gasteiger partial charge on any atom is -0.264 e. The van der Waals surface area contributed by atoms with Crippen LogP contribution in [0.5, 0.6) is 0 Å². The van der Waals surface area contributed by atoms with Gasteiger partial charge in [-0.15, -0.1) is 0 Å². The van der Waals surface area contributed by atoms with Gasteiger partial charge in [-0.25, -0.2) is 0 Å². The van der Waals surface area contributed by atoms with Gasteiger partial charge in [0, 0.05) is 12.4 Å². The molecule has 90 valence electrons. The first-order valence-corrected chi connectivity index (χ1v) is 6.98. The number of rotatable bonds is 0. The van der Waals surface area contributed by atoms with E-state index in [2.05, 4.69) is 23.2 Å². The molecule has 1 heteroatoms. The summed E-state index contributed by atoms with van der Waals surface area (Å²) in [6.07, 6.45) is 16.1. The molecule has 0 fully saturated rings. The highest BCUT2D eigenvalue weighted by Crippen LogP contribution is 2.45. The van der Waals surface area contributed by atoms with Crippen molar-refractivity contribution in [2.75, 3.05) is 0 Å². The van der Waals surface area contributed by atoms with E-state index in [-0.39, 0.29) is 0 Å². The third-order valence-corrected chi connectivity index (χ3v) is 4.51. The van der Waals surface area contributed by atoms with Crippen LogP contribution < -0.4 is 0 Å². The van der Waals surface area contributed by atoms with Crippen LogP contribution in [-0.2, 0) is 6.42 Å². The Morgan fingerprint density at radius 1 is 0.889 bits per heavy atom. The summed E-state index contributed by atoms with van der Waals surface area (Å²) in [4.78, 5) is 4.25. The lowest BCUT2D eigenvalue weighted by molar-refractivity contribution is 0.964. The van der Waals surface area contributed by atoms with Crippen molar-refractivity contribution in [2.24, 2.45) is 0 Å². The lowest BCUT2D eigenvalue weighted by Crippen LogP contribution is -1.93. The van der Waals surface area contributed by atoms with Gasteiger partial charge in [0.05, 0.1) is 0 Å². The maximum Gasteiger partial charge on any atom is 0.0306 e. The van der Waals surface area contributed by atoms with Crippen LogP contribution in [0.15, 0.2) is 47.3 Å². The lowest BCUT2D eigenvalue weighted by atomic mass is 9.92. The molecule has 3 aliphatic carbocycles. The van der Waals surface area contributed by atoms with E-state index in [9.17, 15) is 0 Å². The number of hydrogen-bond donors (Lipinski definition) is 0. The Kier molecular flexibility index (Phi) is 2.26. The third-order valence-electron chi connectivity index (χ3n) is 4.51. The molecule has 0 aliphatic heterocycles. The van der Waals surface area contributed by atoms with Crippen molar-refractivity contribution in [3.63, 3.8) is 0 Å². The molecular weight excluding hydrogens is 218 g/mol. The lowest BCUT2D eigenvalue weighted by Gasteiger charge is -2.13. The molecule has 0 saturated heterocycles. The molecule has 0 unspecified atom stereocenters. The molecule has 1 heterocycles. The van der Waals surface area contributed by atoms with Gasteiger partial charge in [-0.3, -0.25) is 4.98 Å². The summed E-state index contributed by atoms with van der Waals surface area (Å²) in [7, 11) is 0. The summed E-state index contributed by atoms with van der Waals surface area (Å²) in [6.45, 7) is 0. The Balaban J connectivity index is 1.87. The second-order valence-corrected chi connectivity index (χ2v) is 5.43. The van der Waals surface area contributed by atoms with E-state index in [1.807, 2.05) is 12.4 Å². The van der Waals surface area contributed by atoms with Crippen molar-refractivity contribution >= 4 is 5.57 Å². The summed E-state index contributed by atoms with van der Waals surface area (Å²) in [5.41, 5.74) is 9.47. The number of hydrogen-bond acceptors (Lipinski definition) is 1. The Morgan fingerprint density at radius 3 is 2.83 bits per heavy atom. The number of fused-ring (bicyclic) bond motifs is 1. The number of pyridine rings is 1. The van der Waals surface area contributed by atoms with Gasteiger partial charge in [0.25, 0.3) is 0 Å². The Morgan fingerprint density at radius 2 is 1.83 bits per heavy atom. The predicted molar refractivity (Wildman–Crippen MR) is 74.1 cm³/mol. The minimum absolute atomic E-state index is 1.18. The molecular formula is C17H17N. The number of allylic oxidation sites excluding steroid dienone is 6. The van der Waals surface area contributed by atoms with Crippen LogP contribution in [-0.4, -0.2) is 4.98 Å². The monoisotopic (exact) mass is 235 g/mol. The zero-order chi connectivity index (χ0) is 11.9. The molecule has 4 rings (SSSR count). The summed E-state index contributed by atoms with van der Waals surface area (Å²) >= 11 is 0. The summed E-state index contributed by atoms with van der Waals surface area (Å²) in [5.74, 6) is 0. The number of nitrogens with zero attached hydrogens (tertiary/aromatic N) is 1.